The second-order valence-electron chi connectivity index (χ2n) is 6.97. The van der Waals surface area contributed by atoms with Crippen molar-refractivity contribution in [3.05, 3.63) is 52.1 Å². The zero-order chi connectivity index (χ0) is 20.3. The van der Waals surface area contributed by atoms with Crippen LogP contribution in [0.1, 0.15) is 48.3 Å². The summed E-state index contributed by atoms with van der Waals surface area (Å²) in [6.07, 6.45) is 0.962. The Balaban J connectivity index is 1.67. The fourth-order valence-corrected chi connectivity index (χ4v) is 3.09. The van der Waals surface area contributed by atoms with Crippen molar-refractivity contribution < 1.29 is 14.1 Å². The summed E-state index contributed by atoms with van der Waals surface area (Å²) in [6, 6.07) is 7.91. The average molecular weight is 403 g/mol. The van der Waals surface area contributed by atoms with E-state index in [9.17, 15) is 4.79 Å². The first kappa shape index (κ1) is 20.1. The fourth-order valence-electron chi connectivity index (χ4n) is 2.77. The molecule has 0 bridgehead atoms. The topological polar surface area (TPSA) is 83.0 Å². The molecule has 28 heavy (non-hydrogen) atoms. The van der Waals surface area contributed by atoms with Crippen molar-refractivity contribution in [2.24, 2.45) is 5.92 Å². The molecule has 0 aliphatic rings. The zero-order valence-electron chi connectivity index (χ0n) is 16.4. The van der Waals surface area contributed by atoms with Crippen LogP contribution in [0.4, 0.5) is 0 Å². The number of nitrogens with zero attached hydrogens (tertiary/aromatic N) is 4. The van der Waals surface area contributed by atoms with Gasteiger partial charge in [0.05, 0.1) is 5.69 Å². The summed E-state index contributed by atoms with van der Waals surface area (Å²) >= 11 is 6.31. The molecule has 0 aliphatic heterocycles. The van der Waals surface area contributed by atoms with Gasteiger partial charge in [0.15, 0.2) is 6.61 Å². The summed E-state index contributed by atoms with van der Waals surface area (Å²) in [4.78, 5) is 16.7. The maximum atomic E-state index is 12.5. The van der Waals surface area contributed by atoms with Crippen LogP contribution in [-0.2, 0) is 24.3 Å². The normalized spacial score (nSPS) is 11.2. The Labute approximate surface area is 168 Å². The molecule has 0 fully saturated rings. The van der Waals surface area contributed by atoms with Crippen LogP contribution < -0.4 is 0 Å². The molecule has 3 aromatic rings. The van der Waals surface area contributed by atoms with Gasteiger partial charge in [0.1, 0.15) is 10.7 Å². The Morgan fingerprint density at radius 1 is 1.29 bits per heavy atom. The third-order valence-electron chi connectivity index (χ3n) is 4.22. The number of hydrogen-bond donors (Lipinski definition) is 0. The third-order valence-corrected chi connectivity index (χ3v) is 4.61. The number of rotatable bonds is 7. The number of halogens is 1. The third kappa shape index (κ3) is 4.42. The van der Waals surface area contributed by atoms with Gasteiger partial charge in [0, 0.05) is 12.1 Å². The Bertz CT molecular complexity index is 960. The second-order valence-corrected chi connectivity index (χ2v) is 7.32. The monoisotopic (exact) mass is 402 g/mol. The van der Waals surface area contributed by atoms with Crippen LogP contribution in [0.3, 0.4) is 0 Å². The molecule has 0 N–H and O–H groups in total. The zero-order valence-corrected chi connectivity index (χ0v) is 17.2. The van der Waals surface area contributed by atoms with E-state index in [2.05, 4.69) is 22.2 Å². The van der Waals surface area contributed by atoms with E-state index in [0.717, 1.165) is 12.0 Å². The van der Waals surface area contributed by atoms with Crippen molar-refractivity contribution in [3.8, 4) is 11.4 Å². The van der Waals surface area contributed by atoms with E-state index < -0.39 is 5.97 Å². The molecule has 1 aromatic carbocycles. The van der Waals surface area contributed by atoms with Gasteiger partial charge in [-0.15, -0.1) is 0 Å². The van der Waals surface area contributed by atoms with Gasteiger partial charge in [-0.25, -0.2) is 4.79 Å². The number of hydrogen-bond acceptors (Lipinski definition) is 6. The standard InChI is InChI=1S/C20H23ClN4O3/c1-5-14-6-8-15(9-7-14)19-22-16(28-24-19)11-27-20(26)17-13(4)23-25(18(17)21)10-12(2)3/h6-9,12H,5,10-11H2,1-4H3. The van der Waals surface area contributed by atoms with Crippen molar-refractivity contribution in [2.45, 2.75) is 47.3 Å². The molecular weight excluding hydrogens is 380 g/mol. The number of esters is 1. The number of aromatic nitrogens is 4. The first-order chi connectivity index (χ1) is 13.4. The van der Waals surface area contributed by atoms with E-state index in [-0.39, 0.29) is 23.2 Å². The summed E-state index contributed by atoms with van der Waals surface area (Å²) < 4.78 is 12.1. The van der Waals surface area contributed by atoms with Gasteiger partial charge in [0.2, 0.25) is 5.82 Å². The maximum Gasteiger partial charge on any atom is 0.343 e. The van der Waals surface area contributed by atoms with Gasteiger partial charge in [-0.2, -0.15) is 10.1 Å². The smallest absolute Gasteiger partial charge is 0.343 e. The highest BCUT2D eigenvalue weighted by atomic mass is 35.5. The fraction of sp³-hybridized carbons (Fsp3) is 0.400. The van der Waals surface area contributed by atoms with E-state index in [1.54, 1.807) is 11.6 Å². The minimum absolute atomic E-state index is 0.135. The molecule has 2 heterocycles. The lowest BCUT2D eigenvalue weighted by Gasteiger charge is -2.06. The summed E-state index contributed by atoms with van der Waals surface area (Å²) in [7, 11) is 0. The minimum Gasteiger partial charge on any atom is -0.452 e. The molecule has 3 rings (SSSR count). The molecule has 0 unspecified atom stereocenters. The molecule has 2 aromatic heterocycles. The lowest BCUT2D eigenvalue weighted by molar-refractivity contribution is 0.0429. The first-order valence-corrected chi connectivity index (χ1v) is 9.58. The molecule has 0 saturated heterocycles. The summed E-state index contributed by atoms with van der Waals surface area (Å²) in [6.45, 7) is 8.41. The van der Waals surface area contributed by atoms with Crippen molar-refractivity contribution in [1.82, 2.24) is 19.9 Å². The van der Waals surface area contributed by atoms with Crippen molar-refractivity contribution in [2.75, 3.05) is 0 Å². The molecule has 148 valence electrons. The highest BCUT2D eigenvalue weighted by molar-refractivity contribution is 6.32. The number of ether oxygens (including phenoxy) is 1. The van der Waals surface area contributed by atoms with Crippen molar-refractivity contribution >= 4 is 17.6 Å². The van der Waals surface area contributed by atoms with E-state index in [1.807, 2.05) is 38.1 Å². The maximum absolute atomic E-state index is 12.5. The largest absolute Gasteiger partial charge is 0.452 e. The van der Waals surface area contributed by atoms with Crippen LogP contribution in [0.25, 0.3) is 11.4 Å². The van der Waals surface area contributed by atoms with Gasteiger partial charge >= 0.3 is 5.97 Å². The highest BCUT2D eigenvalue weighted by Gasteiger charge is 2.23. The molecular formula is C20H23ClN4O3. The summed E-state index contributed by atoms with van der Waals surface area (Å²) in [5.41, 5.74) is 2.86. The quantitative estimate of drug-likeness (QED) is 0.542. The Kier molecular flexibility index (Phi) is 6.14. The molecule has 0 atom stereocenters. The van der Waals surface area contributed by atoms with E-state index in [4.69, 9.17) is 20.9 Å². The van der Waals surface area contributed by atoms with Crippen molar-refractivity contribution in [1.29, 1.82) is 0 Å². The lowest BCUT2D eigenvalue weighted by Crippen LogP contribution is -2.08. The Hall–Kier alpha value is -2.67. The number of carbonyl (C=O) groups is 1. The number of benzene rings is 1. The molecule has 0 amide bonds. The molecule has 0 aliphatic carbocycles. The van der Waals surface area contributed by atoms with Crippen LogP contribution in [0.2, 0.25) is 5.15 Å². The summed E-state index contributed by atoms with van der Waals surface area (Å²) in [5, 5.41) is 8.54. The predicted octanol–water partition coefficient (Wildman–Crippen LogP) is 4.47. The van der Waals surface area contributed by atoms with E-state index >= 15 is 0 Å². The molecule has 7 nitrogen and oxygen atoms in total. The minimum atomic E-state index is -0.565. The SMILES string of the molecule is CCc1ccc(-c2noc(COC(=O)c3c(C)nn(CC(C)C)c3Cl)n2)cc1. The van der Waals surface area contributed by atoms with Crippen LogP contribution in [0.5, 0.6) is 0 Å². The predicted molar refractivity (Wildman–Crippen MR) is 105 cm³/mol. The van der Waals surface area contributed by atoms with Crippen LogP contribution in [-0.4, -0.2) is 25.9 Å². The highest BCUT2D eigenvalue weighted by Crippen LogP contribution is 2.23. The van der Waals surface area contributed by atoms with Gasteiger partial charge in [-0.1, -0.05) is 61.8 Å². The van der Waals surface area contributed by atoms with E-state index in [0.29, 0.717) is 24.0 Å². The van der Waals surface area contributed by atoms with Crippen molar-refractivity contribution in [3.63, 3.8) is 0 Å². The number of carbonyl (C=O) groups excluding carboxylic acids is 1. The molecule has 0 spiro atoms. The van der Waals surface area contributed by atoms with Crippen LogP contribution in [0, 0.1) is 12.8 Å². The second kappa shape index (κ2) is 8.56. The Morgan fingerprint density at radius 3 is 2.64 bits per heavy atom. The van der Waals surface area contributed by atoms with Crippen LogP contribution >= 0.6 is 11.6 Å². The first-order valence-electron chi connectivity index (χ1n) is 9.21. The summed E-state index contributed by atoms with van der Waals surface area (Å²) in [5.74, 6) is 0.451. The lowest BCUT2D eigenvalue weighted by atomic mass is 10.1. The van der Waals surface area contributed by atoms with E-state index in [1.165, 1.54) is 5.56 Å². The molecule has 0 saturated carbocycles. The van der Waals surface area contributed by atoms with Gasteiger partial charge in [0.25, 0.3) is 5.89 Å². The van der Waals surface area contributed by atoms with Gasteiger partial charge in [-0.3, -0.25) is 4.68 Å². The Morgan fingerprint density at radius 2 is 2.00 bits per heavy atom. The average Bonchev–Trinajstić information content (AvgIpc) is 3.24. The van der Waals surface area contributed by atoms with Gasteiger partial charge in [-0.05, 0) is 24.8 Å². The molecule has 8 heteroatoms. The van der Waals surface area contributed by atoms with Crippen LogP contribution in [0.15, 0.2) is 28.8 Å². The molecule has 0 radical (unpaired) electrons. The van der Waals surface area contributed by atoms with Gasteiger partial charge < -0.3 is 9.26 Å². The number of aryl methyl sites for hydroxylation is 2.